The highest BCUT2D eigenvalue weighted by atomic mass is 16.6. The van der Waals surface area contributed by atoms with Gasteiger partial charge < -0.3 is 5.32 Å². The molecule has 0 spiro atoms. The van der Waals surface area contributed by atoms with Gasteiger partial charge in [-0.3, -0.25) is 15.2 Å². The summed E-state index contributed by atoms with van der Waals surface area (Å²) in [7, 11) is 0. The molecule has 0 aliphatic heterocycles. The Hall–Kier alpha value is -2.51. The molecule has 2 N–H and O–H groups in total. The molecule has 0 saturated heterocycles. The number of anilines is 1. The molecule has 2 aromatic rings. The molecule has 2 rings (SSSR count). The van der Waals surface area contributed by atoms with Crippen molar-refractivity contribution < 1.29 is 4.92 Å². The second kappa shape index (κ2) is 4.78. The molecule has 1 unspecified atom stereocenters. The van der Waals surface area contributed by atoms with Gasteiger partial charge in [0.25, 0.3) is 0 Å². The van der Waals surface area contributed by atoms with Crippen LogP contribution in [-0.2, 0) is 0 Å². The summed E-state index contributed by atoms with van der Waals surface area (Å²) in [6.07, 6.45) is 2.91. The van der Waals surface area contributed by atoms with Crippen molar-refractivity contribution in [3.05, 3.63) is 40.1 Å². The fraction of sp³-hybridized carbons (Fsp3) is 0.300. The first-order chi connectivity index (χ1) is 8.59. The molecule has 1 atom stereocenters. The molecule has 18 heavy (non-hydrogen) atoms. The van der Waals surface area contributed by atoms with Gasteiger partial charge >= 0.3 is 5.69 Å². The molecule has 0 bridgehead atoms. The molecule has 0 amide bonds. The van der Waals surface area contributed by atoms with E-state index in [9.17, 15) is 10.1 Å². The normalized spacial score (nSPS) is 12.1. The Morgan fingerprint density at radius 3 is 2.89 bits per heavy atom. The number of aromatic nitrogens is 4. The highest BCUT2D eigenvalue weighted by Gasteiger charge is 2.20. The molecule has 0 aliphatic rings. The van der Waals surface area contributed by atoms with Crippen molar-refractivity contribution in [3.63, 3.8) is 0 Å². The van der Waals surface area contributed by atoms with Crippen LogP contribution in [0.25, 0.3) is 0 Å². The smallest absolute Gasteiger partial charge is 0.314 e. The van der Waals surface area contributed by atoms with Crippen LogP contribution in [0.1, 0.15) is 24.4 Å². The van der Waals surface area contributed by atoms with E-state index in [1.54, 1.807) is 13.0 Å². The van der Waals surface area contributed by atoms with Gasteiger partial charge in [-0.15, -0.1) is 0 Å². The van der Waals surface area contributed by atoms with Crippen molar-refractivity contribution in [2.24, 2.45) is 0 Å². The van der Waals surface area contributed by atoms with E-state index >= 15 is 0 Å². The van der Waals surface area contributed by atoms with Crippen LogP contribution >= 0.6 is 0 Å². The van der Waals surface area contributed by atoms with Gasteiger partial charge in [0.15, 0.2) is 0 Å². The molecule has 94 valence electrons. The monoisotopic (exact) mass is 248 g/mol. The number of pyridine rings is 1. The van der Waals surface area contributed by atoms with E-state index < -0.39 is 4.92 Å². The van der Waals surface area contributed by atoms with E-state index in [-0.39, 0.29) is 17.5 Å². The van der Waals surface area contributed by atoms with E-state index in [1.807, 2.05) is 6.92 Å². The molecule has 8 nitrogen and oxygen atoms in total. The Kier molecular flexibility index (Phi) is 3.18. The van der Waals surface area contributed by atoms with Gasteiger partial charge in [-0.05, 0) is 19.9 Å². The summed E-state index contributed by atoms with van der Waals surface area (Å²) in [5, 5.41) is 20.4. The standard InChI is InChI=1S/C10H12N6O2/c1-6-3-4-11-10(8(6)16(17)18)14-7(2)9-12-5-13-15-9/h3-5,7H,1-2H3,(H,11,14)(H,12,13,15). The van der Waals surface area contributed by atoms with Crippen LogP contribution in [0.5, 0.6) is 0 Å². The number of aryl methyl sites for hydroxylation is 1. The maximum atomic E-state index is 11.0. The topological polar surface area (TPSA) is 110 Å². The predicted molar refractivity (Wildman–Crippen MR) is 64.0 cm³/mol. The first-order valence-corrected chi connectivity index (χ1v) is 5.31. The van der Waals surface area contributed by atoms with Gasteiger partial charge in [-0.2, -0.15) is 5.10 Å². The minimum Gasteiger partial charge on any atom is -0.355 e. The van der Waals surface area contributed by atoms with Crippen LogP contribution in [0.15, 0.2) is 18.6 Å². The van der Waals surface area contributed by atoms with Crippen molar-refractivity contribution in [2.45, 2.75) is 19.9 Å². The van der Waals surface area contributed by atoms with Crippen molar-refractivity contribution in [2.75, 3.05) is 5.32 Å². The molecule has 8 heteroatoms. The summed E-state index contributed by atoms with van der Waals surface area (Å²) in [4.78, 5) is 18.5. The highest BCUT2D eigenvalue weighted by molar-refractivity contribution is 5.60. The Labute approximate surface area is 103 Å². The molecule has 0 radical (unpaired) electrons. The number of H-pyrrole nitrogens is 1. The Morgan fingerprint density at radius 2 is 2.28 bits per heavy atom. The van der Waals surface area contributed by atoms with Crippen LogP contribution in [0.4, 0.5) is 11.5 Å². The zero-order valence-electron chi connectivity index (χ0n) is 9.91. The van der Waals surface area contributed by atoms with Gasteiger partial charge in [0, 0.05) is 11.8 Å². The summed E-state index contributed by atoms with van der Waals surface area (Å²) in [6, 6.07) is 1.35. The molecule has 0 fully saturated rings. The number of nitro groups is 1. The van der Waals surface area contributed by atoms with Gasteiger partial charge in [0.05, 0.1) is 11.0 Å². The van der Waals surface area contributed by atoms with Crippen LogP contribution in [0.2, 0.25) is 0 Å². The molecule has 0 saturated carbocycles. The number of nitrogens with zero attached hydrogens (tertiary/aromatic N) is 4. The maximum Gasteiger partial charge on any atom is 0.314 e. The van der Waals surface area contributed by atoms with Crippen molar-refractivity contribution in [1.82, 2.24) is 20.2 Å². The van der Waals surface area contributed by atoms with Gasteiger partial charge in [0.2, 0.25) is 5.82 Å². The lowest BCUT2D eigenvalue weighted by molar-refractivity contribution is -0.384. The second-order valence-electron chi connectivity index (χ2n) is 3.82. The van der Waals surface area contributed by atoms with E-state index in [0.717, 1.165) is 0 Å². The summed E-state index contributed by atoms with van der Waals surface area (Å²) in [5.74, 6) is 0.816. The third-order valence-electron chi connectivity index (χ3n) is 2.51. The quantitative estimate of drug-likeness (QED) is 0.628. The third-order valence-corrected chi connectivity index (χ3v) is 2.51. The lowest BCUT2D eigenvalue weighted by Gasteiger charge is -2.12. The van der Waals surface area contributed by atoms with E-state index in [4.69, 9.17) is 0 Å². The first-order valence-electron chi connectivity index (χ1n) is 5.31. The molecule has 2 heterocycles. The zero-order valence-corrected chi connectivity index (χ0v) is 9.91. The molecule has 2 aromatic heterocycles. The minimum atomic E-state index is -0.447. The lowest BCUT2D eigenvalue weighted by Crippen LogP contribution is -2.11. The summed E-state index contributed by atoms with van der Waals surface area (Å²) in [5.41, 5.74) is 0.533. The Bertz CT molecular complexity index is 554. The summed E-state index contributed by atoms with van der Waals surface area (Å²) < 4.78 is 0. The van der Waals surface area contributed by atoms with Crippen LogP contribution in [0.3, 0.4) is 0 Å². The van der Waals surface area contributed by atoms with Crippen molar-refractivity contribution in [1.29, 1.82) is 0 Å². The Balaban J connectivity index is 2.29. The SMILES string of the molecule is Cc1ccnc(NC(C)c2ncn[nH]2)c1[N+](=O)[O-]. The number of rotatable bonds is 4. The van der Waals surface area contributed by atoms with Crippen molar-refractivity contribution >= 4 is 11.5 Å². The number of hydrogen-bond donors (Lipinski definition) is 2. The maximum absolute atomic E-state index is 11.0. The average molecular weight is 248 g/mol. The average Bonchev–Trinajstić information content (AvgIpc) is 2.81. The number of hydrogen-bond acceptors (Lipinski definition) is 6. The second-order valence-corrected chi connectivity index (χ2v) is 3.82. The molecular weight excluding hydrogens is 236 g/mol. The fourth-order valence-corrected chi connectivity index (χ4v) is 1.58. The minimum absolute atomic E-state index is 0.0242. The number of nitrogens with one attached hydrogen (secondary N) is 2. The number of aromatic amines is 1. The van der Waals surface area contributed by atoms with E-state index in [2.05, 4.69) is 25.5 Å². The van der Waals surface area contributed by atoms with Crippen LogP contribution < -0.4 is 5.32 Å². The van der Waals surface area contributed by atoms with E-state index in [0.29, 0.717) is 11.4 Å². The van der Waals surface area contributed by atoms with Crippen molar-refractivity contribution in [3.8, 4) is 0 Å². The van der Waals surface area contributed by atoms with Gasteiger partial charge in [0.1, 0.15) is 12.2 Å². The molecule has 0 aliphatic carbocycles. The lowest BCUT2D eigenvalue weighted by atomic mass is 10.2. The predicted octanol–water partition coefficient (Wildman–Crippen LogP) is 1.59. The summed E-state index contributed by atoms with van der Waals surface area (Å²) in [6.45, 7) is 3.48. The highest BCUT2D eigenvalue weighted by Crippen LogP contribution is 2.27. The van der Waals surface area contributed by atoms with Gasteiger partial charge in [-0.25, -0.2) is 9.97 Å². The third kappa shape index (κ3) is 2.26. The van der Waals surface area contributed by atoms with E-state index in [1.165, 1.54) is 12.5 Å². The summed E-state index contributed by atoms with van der Waals surface area (Å²) >= 11 is 0. The van der Waals surface area contributed by atoms with Gasteiger partial charge in [-0.1, -0.05) is 0 Å². The largest absolute Gasteiger partial charge is 0.355 e. The Morgan fingerprint density at radius 1 is 1.50 bits per heavy atom. The van der Waals surface area contributed by atoms with Crippen LogP contribution in [0, 0.1) is 17.0 Å². The first kappa shape index (κ1) is 12.0. The fourth-order valence-electron chi connectivity index (χ4n) is 1.58. The zero-order chi connectivity index (χ0) is 13.1. The van der Waals surface area contributed by atoms with Crippen LogP contribution in [-0.4, -0.2) is 25.1 Å². The molecular formula is C10H12N6O2. The molecule has 0 aromatic carbocycles.